The van der Waals surface area contributed by atoms with Crippen molar-refractivity contribution in [2.75, 3.05) is 18.0 Å². The third-order valence-electron chi connectivity index (χ3n) is 3.43. The maximum Gasteiger partial charge on any atom is 0.128 e. The molecule has 1 aromatic rings. The first-order chi connectivity index (χ1) is 7.66. The summed E-state index contributed by atoms with van der Waals surface area (Å²) in [6.07, 6.45) is 4.36. The van der Waals surface area contributed by atoms with Gasteiger partial charge in [0, 0.05) is 25.3 Å². The molecule has 0 bridgehead atoms. The number of pyridine rings is 1. The van der Waals surface area contributed by atoms with E-state index in [0.29, 0.717) is 5.92 Å². The van der Waals surface area contributed by atoms with Crippen molar-refractivity contribution in [1.29, 1.82) is 0 Å². The molecular formula is C13H21N3. The largest absolute Gasteiger partial charge is 0.356 e. The van der Waals surface area contributed by atoms with E-state index in [9.17, 15) is 0 Å². The second-order valence-corrected chi connectivity index (χ2v) is 4.90. The van der Waals surface area contributed by atoms with E-state index in [1.54, 1.807) is 0 Å². The minimum Gasteiger partial charge on any atom is -0.356 e. The van der Waals surface area contributed by atoms with Crippen LogP contribution in [0.2, 0.25) is 0 Å². The zero-order valence-corrected chi connectivity index (χ0v) is 10.2. The van der Waals surface area contributed by atoms with Gasteiger partial charge in [-0.15, -0.1) is 0 Å². The summed E-state index contributed by atoms with van der Waals surface area (Å²) in [5, 5.41) is 0. The van der Waals surface area contributed by atoms with Crippen LogP contribution in [-0.2, 0) is 0 Å². The Morgan fingerprint density at radius 2 is 2.38 bits per heavy atom. The van der Waals surface area contributed by atoms with Crippen LogP contribution in [0.5, 0.6) is 0 Å². The molecule has 0 spiro atoms. The molecule has 0 aromatic carbocycles. The fraction of sp³-hybridized carbons (Fsp3) is 0.615. The molecule has 2 rings (SSSR count). The fourth-order valence-electron chi connectivity index (χ4n) is 2.34. The van der Waals surface area contributed by atoms with E-state index >= 15 is 0 Å². The third-order valence-corrected chi connectivity index (χ3v) is 3.43. The lowest BCUT2D eigenvalue weighted by Gasteiger charge is -2.35. The van der Waals surface area contributed by atoms with Crippen LogP contribution in [0.25, 0.3) is 0 Å². The van der Waals surface area contributed by atoms with Gasteiger partial charge in [-0.3, -0.25) is 0 Å². The summed E-state index contributed by atoms with van der Waals surface area (Å²) in [7, 11) is 0. The Morgan fingerprint density at radius 3 is 3.06 bits per heavy atom. The molecule has 0 saturated carbocycles. The van der Waals surface area contributed by atoms with Crippen molar-refractivity contribution in [2.24, 2.45) is 11.7 Å². The third kappa shape index (κ3) is 2.53. The van der Waals surface area contributed by atoms with Gasteiger partial charge in [0.05, 0.1) is 0 Å². The number of anilines is 1. The van der Waals surface area contributed by atoms with Gasteiger partial charge in [-0.25, -0.2) is 4.98 Å². The molecule has 2 atom stereocenters. The molecule has 1 aliphatic heterocycles. The van der Waals surface area contributed by atoms with Gasteiger partial charge in [0.2, 0.25) is 0 Å². The zero-order chi connectivity index (χ0) is 11.5. The molecule has 0 radical (unpaired) electrons. The maximum absolute atomic E-state index is 5.99. The van der Waals surface area contributed by atoms with E-state index in [4.69, 9.17) is 5.73 Å². The highest BCUT2D eigenvalue weighted by Gasteiger charge is 2.23. The van der Waals surface area contributed by atoms with Crippen LogP contribution in [0.4, 0.5) is 5.82 Å². The number of nitrogens with zero attached hydrogens (tertiary/aromatic N) is 2. The van der Waals surface area contributed by atoms with Crippen molar-refractivity contribution in [3.05, 3.63) is 23.9 Å². The highest BCUT2D eigenvalue weighted by atomic mass is 15.2. The SMILES string of the molecule is Cc1ccnc(N2CCCC(C(C)N)C2)c1. The predicted octanol–water partition coefficient (Wildman–Crippen LogP) is 1.95. The number of nitrogens with two attached hydrogens (primary N) is 1. The Morgan fingerprint density at radius 1 is 1.56 bits per heavy atom. The van der Waals surface area contributed by atoms with E-state index in [2.05, 4.69) is 29.8 Å². The first-order valence-electron chi connectivity index (χ1n) is 6.10. The van der Waals surface area contributed by atoms with Crippen molar-refractivity contribution in [2.45, 2.75) is 32.7 Å². The molecule has 88 valence electrons. The van der Waals surface area contributed by atoms with Crippen molar-refractivity contribution >= 4 is 5.82 Å². The maximum atomic E-state index is 5.99. The predicted molar refractivity (Wildman–Crippen MR) is 67.6 cm³/mol. The molecule has 1 saturated heterocycles. The number of aryl methyl sites for hydroxylation is 1. The molecule has 1 fully saturated rings. The summed E-state index contributed by atoms with van der Waals surface area (Å²) in [4.78, 5) is 6.81. The molecule has 3 heteroatoms. The first kappa shape index (κ1) is 11.4. The average molecular weight is 219 g/mol. The number of piperidine rings is 1. The highest BCUT2D eigenvalue weighted by Crippen LogP contribution is 2.23. The Hall–Kier alpha value is -1.09. The molecule has 0 amide bonds. The van der Waals surface area contributed by atoms with Crippen molar-refractivity contribution < 1.29 is 0 Å². The van der Waals surface area contributed by atoms with Gasteiger partial charge in [0.25, 0.3) is 0 Å². The zero-order valence-electron chi connectivity index (χ0n) is 10.2. The Kier molecular flexibility index (Phi) is 3.44. The Bertz CT molecular complexity index is 349. The Labute approximate surface area is 97.7 Å². The number of aromatic nitrogens is 1. The summed E-state index contributed by atoms with van der Waals surface area (Å²) in [5.74, 6) is 1.71. The topological polar surface area (TPSA) is 42.2 Å². The van der Waals surface area contributed by atoms with Crippen molar-refractivity contribution in [3.63, 3.8) is 0 Å². The van der Waals surface area contributed by atoms with Crippen LogP contribution < -0.4 is 10.6 Å². The molecule has 1 aromatic heterocycles. The molecule has 2 N–H and O–H groups in total. The lowest BCUT2D eigenvalue weighted by Crippen LogP contribution is -2.42. The van der Waals surface area contributed by atoms with E-state index < -0.39 is 0 Å². The van der Waals surface area contributed by atoms with E-state index in [1.165, 1.54) is 18.4 Å². The van der Waals surface area contributed by atoms with Gasteiger partial charge in [0.1, 0.15) is 5.82 Å². The van der Waals surface area contributed by atoms with Crippen LogP contribution in [0.15, 0.2) is 18.3 Å². The van der Waals surface area contributed by atoms with E-state index in [-0.39, 0.29) is 6.04 Å². The number of rotatable bonds is 2. The minimum absolute atomic E-state index is 0.285. The quantitative estimate of drug-likeness (QED) is 0.826. The van der Waals surface area contributed by atoms with E-state index in [1.807, 2.05) is 12.3 Å². The van der Waals surface area contributed by atoms with Gasteiger partial charge in [-0.2, -0.15) is 0 Å². The second kappa shape index (κ2) is 4.83. The van der Waals surface area contributed by atoms with Crippen LogP contribution in [0, 0.1) is 12.8 Å². The van der Waals surface area contributed by atoms with Gasteiger partial charge in [-0.05, 0) is 50.3 Å². The summed E-state index contributed by atoms with van der Waals surface area (Å²) < 4.78 is 0. The molecule has 2 heterocycles. The molecule has 2 unspecified atom stereocenters. The lowest BCUT2D eigenvalue weighted by atomic mass is 9.92. The van der Waals surface area contributed by atoms with Crippen LogP contribution in [0.3, 0.4) is 0 Å². The summed E-state index contributed by atoms with van der Waals surface area (Å²) in [6.45, 7) is 6.38. The van der Waals surface area contributed by atoms with Gasteiger partial charge in [-0.1, -0.05) is 0 Å². The summed E-state index contributed by atoms with van der Waals surface area (Å²) in [6, 6.07) is 4.48. The first-order valence-corrected chi connectivity index (χ1v) is 6.10. The fourth-order valence-corrected chi connectivity index (χ4v) is 2.34. The number of hydrogen-bond acceptors (Lipinski definition) is 3. The standard InChI is InChI=1S/C13H21N3/c1-10-5-6-15-13(8-10)16-7-3-4-12(9-16)11(2)14/h5-6,8,11-12H,3-4,7,9,14H2,1-2H3. The van der Waals surface area contributed by atoms with Crippen molar-refractivity contribution in [3.8, 4) is 0 Å². The molecule has 16 heavy (non-hydrogen) atoms. The van der Waals surface area contributed by atoms with Gasteiger partial charge >= 0.3 is 0 Å². The summed E-state index contributed by atoms with van der Waals surface area (Å²) in [5.41, 5.74) is 7.26. The van der Waals surface area contributed by atoms with Gasteiger partial charge in [0.15, 0.2) is 0 Å². The monoisotopic (exact) mass is 219 g/mol. The smallest absolute Gasteiger partial charge is 0.128 e. The van der Waals surface area contributed by atoms with E-state index in [0.717, 1.165) is 18.9 Å². The molecule has 1 aliphatic rings. The number of hydrogen-bond donors (Lipinski definition) is 1. The summed E-state index contributed by atoms with van der Waals surface area (Å²) >= 11 is 0. The van der Waals surface area contributed by atoms with Crippen LogP contribution in [0.1, 0.15) is 25.3 Å². The minimum atomic E-state index is 0.285. The lowest BCUT2D eigenvalue weighted by molar-refractivity contribution is 0.363. The Balaban J connectivity index is 2.09. The average Bonchev–Trinajstić information content (AvgIpc) is 2.29. The highest BCUT2D eigenvalue weighted by molar-refractivity contribution is 5.41. The van der Waals surface area contributed by atoms with Crippen LogP contribution >= 0.6 is 0 Å². The van der Waals surface area contributed by atoms with Crippen LogP contribution in [-0.4, -0.2) is 24.1 Å². The second-order valence-electron chi connectivity index (χ2n) is 4.90. The normalized spacial score (nSPS) is 23.2. The van der Waals surface area contributed by atoms with Gasteiger partial charge < -0.3 is 10.6 Å². The molecule has 3 nitrogen and oxygen atoms in total. The molecular weight excluding hydrogens is 198 g/mol. The molecule has 0 aliphatic carbocycles. The van der Waals surface area contributed by atoms with Crippen molar-refractivity contribution in [1.82, 2.24) is 4.98 Å².